The maximum Gasteiger partial charge on any atom is 0.324 e. The lowest BCUT2D eigenvalue weighted by atomic mass is 10.2. The topological polar surface area (TPSA) is 118 Å². The fourth-order valence-corrected chi connectivity index (χ4v) is 4.07. The van der Waals surface area contributed by atoms with Gasteiger partial charge in [0.2, 0.25) is 5.75 Å². The Hall–Kier alpha value is -2.96. The van der Waals surface area contributed by atoms with Crippen molar-refractivity contribution in [3.8, 4) is 5.75 Å². The number of anilines is 2. The second kappa shape index (κ2) is 9.89. The van der Waals surface area contributed by atoms with Crippen molar-refractivity contribution in [1.82, 2.24) is 19.7 Å². The Morgan fingerprint density at radius 1 is 1.27 bits per heavy atom. The summed E-state index contributed by atoms with van der Waals surface area (Å²) in [5.41, 5.74) is 3.81. The highest BCUT2D eigenvalue weighted by Gasteiger charge is 2.31. The Balaban J connectivity index is 1.94. The Labute approximate surface area is 197 Å². The number of hydrazine groups is 1. The van der Waals surface area contributed by atoms with E-state index in [2.05, 4.69) is 15.3 Å². The highest BCUT2D eigenvalue weighted by atomic mass is 32.1. The SMILES string of the molecule is CCCCOc1c(C(=S)NN)nc2c(N3CCN(C)C3=O)cc(N3CCOCC3)cn2c1=O. The zero-order valence-corrected chi connectivity index (χ0v) is 19.7. The number of ether oxygens (including phenoxy) is 2. The van der Waals surface area contributed by atoms with Crippen LogP contribution in [0.4, 0.5) is 16.2 Å². The molecule has 0 atom stereocenters. The molecule has 0 aliphatic carbocycles. The number of urea groups is 1. The number of nitrogens with one attached hydrogen (secondary N) is 1. The van der Waals surface area contributed by atoms with Crippen molar-refractivity contribution in [2.75, 3.05) is 62.8 Å². The number of fused-ring (bicyclic) bond motifs is 1. The molecule has 33 heavy (non-hydrogen) atoms. The van der Waals surface area contributed by atoms with E-state index in [0.717, 1.165) is 18.5 Å². The summed E-state index contributed by atoms with van der Waals surface area (Å²) < 4.78 is 12.7. The van der Waals surface area contributed by atoms with Gasteiger partial charge >= 0.3 is 11.6 Å². The Bertz CT molecular complexity index is 1120. The number of nitrogens with two attached hydrogens (primary N) is 1. The van der Waals surface area contributed by atoms with E-state index in [4.69, 9.17) is 27.5 Å². The zero-order chi connectivity index (χ0) is 23.5. The number of nitrogens with zero attached hydrogens (tertiary/aromatic N) is 5. The predicted octanol–water partition coefficient (Wildman–Crippen LogP) is 0.721. The first kappa shape index (κ1) is 23.2. The summed E-state index contributed by atoms with van der Waals surface area (Å²) >= 11 is 5.32. The van der Waals surface area contributed by atoms with Crippen molar-refractivity contribution in [3.05, 3.63) is 28.3 Å². The van der Waals surface area contributed by atoms with Crippen LogP contribution in [0.1, 0.15) is 25.5 Å². The van der Waals surface area contributed by atoms with Gasteiger partial charge in [-0.05, 0) is 12.5 Å². The smallest absolute Gasteiger partial charge is 0.324 e. The molecular formula is C21H29N7O4S. The van der Waals surface area contributed by atoms with E-state index in [1.54, 1.807) is 23.0 Å². The third-order valence-electron chi connectivity index (χ3n) is 5.82. The van der Waals surface area contributed by atoms with Gasteiger partial charge in [-0.2, -0.15) is 0 Å². The molecule has 0 radical (unpaired) electrons. The van der Waals surface area contributed by atoms with Crippen LogP contribution >= 0.6 is 12.2 Å². The van der Waals surface area contributed by atoms with Crippen molar-refractivity contribution in [2.45, 2.75) is 19.8 Å². The van der Waals surface area contributed by atoms with Crippen molar-refractivity contribution in [2.24, 2.45) is 5.84 Å². The Kier molecular flexibility index (Phi) is 6.96. The molecule has 2 aliphatic heterocycles. The number of amides is 2. The molecule has 2 fully saturated rings. The fraction of sp³-hybridized carbons (Fsp3) is 0.524. The average Bonchev–Trinajstić information content (AvgIpc) is 3.17. The molecule has 12 heteroatoms. The Morgan fingerprint density at radius 3 is 2.67 bits per heavy atom. The van der Waals surface area contributed by atoms with E-state index in [-0.39, 0.29) is 22.5 Å². The van der Waals surface area contributed by atoms with E-state index in [0.29, 0.717) is 57.3 Å². The fourth-order valence-electron chi connectivity index (χ4n) is 3.93. The number of rotatable bonds is 7. The van der Waals surface area contributed by atoms with Crippen LogP contribution in [-0.4, -0.2) is 78.4 Å². The normalized spacial score (nSPS) is 16.6. The summed E-state index contributed by atoms with van der Waals surface area (Å²) in [6.07, 6.45) is 3.42. The van der Waals surface area contributed by atoms with Gasteiger partial charge in [-0.1, -0.05) is 25.6 Å². The molecule has 4 heterocycles. The van der Waals surface area contributed by atoms with Gasteiger partial charge in [0.25, 0.3) is 0 Å². The molecule has 3 N–H and O–H groups in total. The number of carbonyl (C=O) groups is 1. The highest BCUT2D eigenvalue weighted by molar-refractivity contribution is 7.80. The Morgan fingerprint density at radius 2 is 2.03 bits per heavy atom. The lowest BCUT2D eigenvalue weighted by Gasteiger charge is -2.30. The number of aromatic nitrogens is 2. The molecule has 2 aromatic rings. The van der Waals surface area contributed by atoms with Gasteiger partial charge in [0.05, 0.1) is 31.2 Å². The number of pyridine rings is 1. The van der Waals surface area contributed by atoms with Crippen LogP contribution in [-0.2, 0) is 4.74 Å². The van der Waals surface area contributed by atoms with Gasteiger partial charge in [-0.3, -0.25) is 14.1 Å². The summed E-state index contributed by atoms with van der Waals surface area (Å²) in [6.45, 7) is 5.99. The van der Waals surface area contributed by atoms with Crippen LogP contribution in [0.5, 0.6) is 5.75 Å². The van der Waals surface area contributed by atoms with Crippen LogP contribution in [0.15, 0.2) is 17.1 Å². The molecule has 0 saturated carbocycles. The van der Waals surface area contributed by atoms with Crippen LogP contribution in [0.25, 0.3) is 5.65 Å². The summed E-state index contributed by atoms with van der Waals surface area (Å²) in [4.78, 5) is 36.6. The van der Waals surface area contributed by atoms with Gasteiger partial charge in [0, 0.05) is 39.4 Å². The van der Waals surface area contributed by atoms with Gasteiger partial charge in [0.15, 0.2) is 5.65 Å². The minimum absolute atomic E-state index is 0.0406. The summed E-state index contributed by atoms with van der Waals surface area (Å²) in [5, 5.41) is 0. The molecule has 2 amide bonds. The van der Waals surface area contributed by atoms with E-state index in [9.17, 15) is 9.59 Å². The largest absolute Gasteiger partial charge is 0.486 e. The summed E-state index contributed by atoms with van der Waals surface area (Å²) in [6, 6.07) is 1.74. The molecule has 2 saturated heterocycles. The lowest BCUT2D eigenvalue weighted by Crippen LogP contribution is -2.38. The molecule has 2 aliphatic rings. The molecule has 4 rings (SSSR count). The average molecular weight is 476 g/mol. The first-order valence-electron chi connectivity index (χ1n) is 11.1. The third kappa shape index (κ3) is 4.45. The molecule has 0 bridgehead atoms. The van der Waals surface area contributed by atoms with Crippen LogP contribution in [0.2, 0.25) is 0 Å². The van der Waals surface area contributed by atoms with Crippen LogP contribution < -0.4 is 31.4 Å². The molecular weight excluding hydrogens is 446 g/mol. The minimum atomic E-state index is -0.403. The number of unbranched alkanes of at least 4 members (excludes halogenated alkanes) is 1. The van der Waals surface area contributed by atoms with Gasteiger partial charge in [0.1, 0.15) is 10.7 Å². The van der Waals surface area contributed by atoms with Crippen molar-refractivity contribution < 1.29 is 14.3 Å². The van der Waals surface area contributed by atoms with Crippen molar-refractivity contribution >= 4 is 40.3 Å². The standard InChI is InChI=1S/C21H29N7O4S/c1-3-4-9-32-17-16(19(33)24-22)23-18-15(27-6-5-25(2)21(27)30)12-14(13-28(18)20(17)29)26-7-10-31-11-8-26/h12-13H,3-11,22H2,1-2H3,(H,24,33). The predicted molar refractivity (Wildman–Crippen MR) is 129 cm³/mol. The maximum atomic E-state index is 13.6. The van der Waals surface area contributed by atoms with Gasteiger partial charge in [-0.15, -0.1) is 0 Å². The van der Waals surface area contributed by atoms with Crippen LogP contribution in [0, 0.1) is 0 Å². The van der Waals surface area contributed by atoms with Gasteiger partial charge < -0.3 is 24.7 Å². The van der Waals surface area contributed by atoms with E-state index >= 15 is 0 Å². The van der Waals surface area contributed by atoms with Crippen LogP contribution in [0.3, 0.4) is 0 Å². The monoisotopic (exact) mass is 475 g/mol. The van der Waals surface area contributed by atoms with Gasteiger partial charge in [-0.25, -0.2) is 15.6 Å². The second-order valence-corrected chi connectivity index (χ2v) is 8.41. The molecule has 178 valence electrons. The quantitative estimate of drug-likeness (QED) is 0.258. The summed E-state index contributed by atoms with van der Waals surface area (Å²) in [5.74, 6) is 5.60. The maximum absolute atomic E-state index is 13.6. The minimum Gasteiger partial charge on any atom is -0.486 e. The second-order valence-electron chi connectivity index (χ2n) is 8.00. The first-order valence-corrected chi connectivity index (χ1v) is 11.5. The lowest BCUT2D eigenvalue weighted by molar-refractivity contribution is 0.122. The van der Waals surface area contributed by atoms with E-state index in [1.165, 1.54) is 4.40 Å². The molecule has 0 unspecified atom stereocenters. The number of morpholine rings is 1. The number of carbonyl (C=O) groups excluding carboxylic acids is 1. The number of hydrogen-bond donors (Lipinski definition) is 2. The highest BCUT2D eigenvalue weighted by Crippen LogP contribution is 2.30. The van der Waals surface area contributed by atoms with Crippen molar-refractivity contribution in [1.29, 1.82) is 0 Å². The number of hydrogen-bond acceptors (Lipinski definition) is 8. The number of likely N-dealkylation sites (N-methyl/N-ethyl adjacent to an activating group) is 1. The summed E-state index contributed by atoms with van der Waals surface area (Å²) in [7, 11) is 1.74. The van der Waals surface area contributed by atoms with Crippen molar-refractivity contribution in [3.63, 3.8) is 0 Å². The molecule has 0 aromatic carbocycles. The first-order chi connectivity index (χ1) is 16.0. The molecule has 11 nitrogen and oxygen atoms in total. The molecule has 0 spiro atoms. The zero-order valence-electron chi connectivity index (χ0n) is 18.9. The number of thiocarbonyl (C=S) groups is 1. The third-order valence-corrected chi connectivity index (χ3v) is 6.13. The van der Waals surface area contributed by atoms with E-state index in [1.807, 2.05) is 13.0 Å². The van der Waals surface area contributed by atoms with E-state index < -0.39 is 5.56 Å². The molecule has 2 aromatic heterocycles.